The summed E-state index contributed by atoms with van der Waals surface area (Å²) >= 11 is 6.04. The van der Waals surface area contributed by atoms with Crippen LogP contribution in [0.5, 0.6) is 0 Å². The second-order valence-electron chi connectivity index (χ2n) is 5.79. The van der Waals surface area contributed by atoms with Gasteiger partial charge in [-0.2, -0.15) is 0 Å². The van der Waals surface area contributed by atoms with E-state index in [-0.39, 0.29) is 10.9 Å². The van der Waals surface area contributed by atoms with Crippen molar-refractivity contribution in [2.24, 2.45) is 5.73 Å². The number of nitrogens with two attached hydrogens (primary N) is 1. The Hall–Kier alpha value is -0.660. The minimum Gasteiger partial charge on any atom is -0.326 e. The van der Waals surface area contributed by atoms with Crippen LogP contribution < -0.4 is 10.5 Å². The zero-order valence-electron chi connectivity index (χ0n) is 11.8. The number of rotatable bonds is 5. The van der Waals surface area contributed by atoms with Gasteiger partial charge in [0, 0.05) is 36.7 Å². The minimum absolute atomic E-state index is 0.0106. The highest BCUT2D eigenvalue weighted by atomic mass is 35.5. The van der Waals surface area contributed by atoms with Crippen molar-refractivity contribution in [3.8, 4) is 0 Å². The fraction of sp³-hybridized carbons (Fsp3) is 0.571. The molecule has 1 saturated carbocycles. The molecule has 2 aliphatic rings. The molecule has 0 amide bonds. The summed E-state index contributed by atoms with van der Waals surface area (Å²) in [4.78, 5) is 2.58. The average Bonchev–Trinajstić information content (AvgIpc) is 3.19. The molecule has 5 nitrogen and oxygen atoms in total. The van der Waals surface area contributed by atoms with E-state index in [4.69, 9.17) is 17.3 Å². The van der Waals surface area contributed by atoms with Crippen LogP contribution in [-0.4, -0.2) is 38.5 Å². The molecule has 7 heteroatoms. The molecule has 1 aliphatic carbocycles. The van der Waals surface area contributed by atoms with E-state index in [9.17, 15) is 8.42 Å². The van der Waals surface area contributed by atoms with Gasteiger partial charge in [0.2, 0.25) is 10.0 Å². The lowest BCUT2D eigenvalue weighted by atomic mass is 10.2. The predicted octanol–water partition coefficient (Wildman–Crippen LogP) is 1.31. The predicted molar refractivity (Wildman–Crippen MR) is 82.7 cm³/mol. The summed E-state index contributed by atoms with van der Waals surface area (Å²) in [5.74, 6) is 0. The molecule has 1 heterocycles. The Bertz CT molecular complexity index is 631. The number of hydrogen-bond acceptors (Lipinski definition) is 4. The van der Waals surface area contributed by atoms with Gasteiger partial charge >= 0.3 is 0 Å². The van der Waals surface area contributed by atoms with Crippen molar-refractivity contribution < 1.29 is 8.42 Å². The first-order chi connectivity index (χ1) is 9.99. The molecule has 116 valence electrons. The van der Waals surface area contributed by atoms with Gasteiger partial charge in [0.15, 0.2) is 0 Å². The molecule has 0 bridgehead atoms. The van der Waals surface area contributed by atoms with Crippen LogP contribution in [-0.2, 0) is 16.6 Å². The monoisotopic (exact) mass is 329 g/mol. The highest BCUT2D eigenvalue weighted by Crippen LogP contribution is 2.30. The van der Waals surface area contributed by atoms with Crippen LogP contribution in [0, 0.1) is 0 Å². The minimum atomic E-state index is -3.52. The van der Waals surface area contributed by atoms with E-state index in [0.717, 1.165) is 25.1 Å². The Balaban J connectivity index is 1.70. The first-order valence-corrected chi connectivity index (χ1v) is 9.10. The highest BCUT2D eigenvalue weighted by Gasteiger charge is 2.35. The van der Waals surface area contributed by atoms with E-state index in [1.165, 1.54) is 18.9 Å². The molecule has 3 N–H and O–H groups in total. The van der Waals surface area contributed by atoms with Crippen LogP contribution in [0.1, 0.15) is 24.8 Å². The Labute approximate surface area is 130 Å². The van der Waals surface area contributed by atoms with Crippen molar-refractivity contribution in [2.75, 3.05) is 13.1 Å². The van der Waals surface area contributed by atoms with Gasteiger partial charge in [0.25, 0.3) is 0 Å². The number of nitrogens with zero attached hydrogens (tertiary/aromatic N) is 1. The molecule has 21 heavy (non-hydrogen) atoms. The SMILES string of the molecule is NCc1ccc(S(=O)(=O)NC2CCN(C3CC3)C2)cc1Cl. The third kappa shape index (κ3) is 3.40. The molecular formula is C14H20ClN3O2S. The molecule has 0 radical (unpaired) electrons. The third-order valence-electron chi connectivity index (χ3n) is 4.16. The number of benzene rings is 1. The van der Waals surface area contributed by atoms with Gasteiger partial charge in [0.1, 0.15) is 0 Å². The molecule has 1 aliphatic heterocycles. The van der Waals surface area contributed by atoms with E-state index in [1.54, 1.807) is 12.1 Å². The van der Waals surface area contributed by atoms with E-state index < -0.39 is 10.0 Å². The lowest BCUT2D eigenvalue weighted by Gasteiger charge is -2.16. The molecule has 1 unspecified atom stereocenters. The first-order valence-electron chi connectivity index (χ1n) is 7.24. The fourth-order valence-electron chi connectivity index (χ4n) is 2.80. The van der Waals surface area contributed by atoms with Crippen LogP contribution >= 0.6 is 11.6 Å². The molecule has 0 aromatic heterocycles. The van der Waals surface area contributed by atoms with Crippen LogP contribution in [0.2, 0.25) is 5.02 Å². The third-order valence-corrected chi connectivity index (χ3v) is 6.03. The number of likely N-dealkylation sites (tertiary alicyclic amines) is 1. The van der Waals surface area contributed by atoms with Gasteiger partial charge < -0.3 is 5.73 Å². The Morgan fingerprint density at radius 2 is 2.10 bits per heavy atom. The maximum Gasteiger partial charge on any atom is 0.240 e. The first kappa shape index (κ1) is 15.2. The molecular weight excluding hydrogens is 310 g/mol. The van der Waals surface area contributed by atoms with Crippen LogP contribution in [0.3, 0.4) is 0 Å². The summed E-state index contributed by atoms with van der Waals surface area (Å²) in [6.45, 7) is 2.08. The lowest BCUT2D eigenvalue weighted by Crippen LogP contribution is -2.37. The standard InChI is InChI=1S/C14H20ClN3O2S/c15-14-7-13(4-1-10(14)8-16)21(19,20)17-11-5-6-18(9-11)12-2-3-12/h1,4,7,11-12,17H,2-3,5-6,8-9,16H2. The normalized spacial score (nSPS) is 23.6. The van der Waals surface area contributed by atoms with Gasteiger partial charge in [-0.3, -0.25) is 4.90 Å². The van der Waals surface area contributed by atoms with Gasteiger partial charge in [0.05, 0.1) is 4.90 Å². The number of nitrogens with one attached hydrogen (secondary N) is 1. The molecule has 1 aromatic carbocycles. The van der Waals surface area contributed by atoms with Crippen LogP contribution in [0.4, 0.5) is 0 Å². The summed E-state index contributed by atoms with van der Waals surface area (Å²) in [5.41, 5.74) is 6.28. The van der Waals surface area contributed by atoms with Crippen LogP contribution in [0.15, 0.2) is 23.1 Å². The quantitative estimate of drug-likeness (QED) is 0.854. The van der Waals surface area contributed by atoms with Crippen molar-refractivity contribution >= 4 is 21.6 Å². The fourth-order valence-corrected chi connectivity index (χ4v) is 4.41. The van der Waals surface area contributed by atoms with E-state index in [2.05, 4.69) is 9.62 Å². The number of halogens is 1. The molecule has 1 atom stereocenters. The van der Waals surface area contributed by atoms with Gasteiger partial charge in [-0.25, -0.2) is 13.1 Å². The Morgan fingerprint density at radius 1 is 1.33 bits per heavy atom. The Kier molecular flexibility index (Phi) is 4.25. The molecule has 0 spiro atoms. The van der Waals surface area contributed by atoms with E-state index in [0.29, 0.717) is 17.6 Å². The summed E-state index contributed by atoms with van der Waals surface area (Å²) < 4.78 is 27.6. The zero-order valence-corrected chi connectivity index (χ0v) is 13.3. The largest absolute Gasteiger partial charge is 0.326 e. The highest BCUT2D eigenvalue weighted by molar-refractivity contribution is 7.89. The summed E-state index contributed by atoms with van der Waals surface area (Å²) in [7, 11) is -3.52. The van der Waals surface area contributed by atoms with Crippen molar-refractivity contribution in [2.45, 2.75) is 42.8 Å². The molecule has 2 fully saturated rings. The zero-order chi connectivity index (χ0) is 15.0. The molecule has 1 saturated heterocycles. The Morgan fingerprint density at radius 3 is 2.71 bits per heavy atom. The van der Waals surface area contributed by atoms with Gasteiger partial charge in [-0.15, -0.1) is 0 Å². The molecule has 3 rings (SSSR count). The second-order valence-corrected chi connectivity index (χ2v) is 7.91. The van der Waals surface area contributed by atoms with E-state index in [1.807, 2.05) is 0 Å². The second kappa shape index (κ2) is 5.85. The van der Waals surface area contributed by atoms with Crippen molar-refractivity contribution in [1.82, 2.24) is 9.62 Å². The smallest absolute Gasteiger partial charge is 0.240 e. The average molecular weight is 330 g/mol. The van der Waals surface area contributed by atoms with Crippen LogP contribution in [0.25, 0.3) is 0 Å². The van der Waals surface area contributed by atoms with E-state index >= 15 is 0 Å². The van der Waals surface area contributed by atoms with Crippen molar-refractivity contribution in [3.63, 3.8) is 0 Å². The summed E-state index contributed by atoms with van der Waals surface area (Å²) in [6, 6.07) is 5.37. The topological polar surface area (TPSA) is 75.4 Å². The lowest BCUT2D eigenvalue weighted by molar-refractivity contribution is 0.322. The summed E-state index contributed by atoms with van der Waals surface area (Å²) in [5, 5.41) is 0.395. The molecule has 1 aromatic rings. The van der Waals surface area contributed by atoms with Gasteiger partial charge in [-0.1, -0.05) is 17.7 Å². The number of hydrogen-bond donors (Lipinski definition) is 2. The van der Waals surface area contributed by atoms with Gasteiger partial charge in [-0.05, 0) is 37.0 Å². The maximum absolute atomic E-state index is 12.4. The van der Waals surface area contributed by atoms with Crippen molar-refractivity contribution in [1.29, 1.82) is 0 Å². The van der Waals surface area contributed by atoms with Crippen molar-refractivity contribution in [3.05, 3.63) is 28.8 Å². The number of sulfonamides is 1. The maximum atomic E-state index is 12.4. The summed E-state index contributed by atoms with van der Waals surface area (Å²) in [6.07, 6.45) is 3.36.